The number of hydrogen-bond donors (Lipinski definition) is 1. The predicted molar refractivity (Wildman–Crippen MR) is 150 cm³/mol. The average Bonchev–Trinajstić information content (AvgIpc) is 2.94. The van der Waals surface area contributed by atoms with E-state index in [4.69, 9.17) is 14.5 Å². The van der Waals surface area contributed by atoms with E-state index in [1.54, 1.807) is 25.4 Å². The van der Waals surface area contributed by atoms with Crippen molar-refractivity contribution in [3.63, 3.8) is 0 Å². The molecule has 3 heterocycles. The van der Waals surface area contributed by atoms with E-state index in [2.05, 4.69) is 55.3 Å². The molecular weight excluding hydrogens is 488 g/mol. The number of nitriles is 1. The molecular formula is C32H32N4O3. The molecule has 0 radical (unpaired) electrons. The minimum Gasteiger partial charge on any atom is -0.496 e. The first-order valence-electron chi connectivity index (χ1n) is 13.0. The fourth-order valence-corrected chi connectivity index (χ4v) is 4.84. The molecule has 1 amide bonds. The maximum absolute atomic E-state index is 13.0. The van der Waals surface area contributed by atoms with E-state index < -0.39 is 5.41 Å². The summed E-state index contributed by atoms with van der Waals surface area (Å²) in [5.74, 6) is 0.553. The molecule has 0 fully saturated rings. The average molecular weight is 521 g/mol. The van der Waals surface area contributed by atoms with Gasteiger partial charge in [0.2, 0.25) is 0 Å². The van der Waals surface area contributed by atoms with Crippen molar-refractivity contribution in [2.45, 2.75) is 51.7 Å². The Morgan fingerprint density at radius 2 is 1.97 bits per heavy atom. The van der Waals surface area contributed by atoms with Crippen LogP contribution in [0.3, 0.4) is 0 Å². The summed E-state index contributed by atoms with van der Waals surface area (Å²) in [5, 5.41) is 13.5. The van der Waals surface area contributed by atoms with Gasteiger partial charge < -0.3 is 14.8 Å². The van der Waals surface area contributed by atoms with E-state index in [0.717, 1.165) is 39.0 Å². The second kappa shape index (κ2) is 10.1. The molecule has 7 nitrogen and oxygen atoms in total. The summed E-state index contributed by atoms with van der Waals surface area (Å²) in [6, 6.07) is 19.9. The van der Waals surface area contributed by atoms with Crippen LogP contribution in [-0.2, 0) is 28.7 Å². The molecule has 0 unspecified atom stereocenters. The second-order valence-corrected chi connectivity index (χ2v) is 11.2. The Hall–Kier alpha value is -4.28. The third-order valence-electron chi connectivity index (χ3n) is 7.27. The summed E-state index contributed by atoms with van der Waals surface area (Å²) in [6.07, 6.45) is 1.77. The van der Waals surface area contributed by atoms with Gasteiger partial charge in [-0.15, -0.1) is 0 Å². The Labute approximate surface area is 228 Å². The van der Waals surface area contributed by atoms with E-state index in [1.165, 1.54) is 5.56 Å². The molecule has 39 heavy (non-hydrogen) atoms. The molecule has 2 aromatic carbocycles. The van der Waals surface area contributed by atoms with Gasteiger partial charge in [-0.3, -0.25) is 9.78 Å². The number of ether oxygens (including phenoxy) is 2. The van der Waals surface area contributed by atoms with Gasteiger partial charge in [0.1, 0.15) is 11.2 Å². The highest BCUT2D eigenvalue weighted by Gasteiger charge is 2.33. The molecule has 0 saturated heterocycles. The van der Waals surface area contributed by atoms with Crippen LogP contribution >= 0.6 is 0 Å². The van der Waals surface area contributed by atoms with Gasteiger partial charge in [-0.1, -0.05) is 32.9 Å². The fraction of sp³-hybridized carbons (Fsp3) is 0.312. The first kappa shape index (κ1) is 26.3. The lowest BCUT2D eigenvalue weighted by atomic mass is 9.79. The summed E-state index contributed by atoms with van der Waals surface area (Å²) in [7, 11) is 1.67. The highest BCUT2D eigenvalue weighted by Crippen LogP contribution is 2.35. The van der Waals surface area contributed by atoms with Gasteiger partial charge in [0.05, 0.1) is 49.8 Å². The molecule has 0 saturated carbocycles. The van der Waals surface area contributed by atoms with Crippen LogP contribution in [0.4, 0.5) is 0 Å². The van der Waals surface area contributed by atoms with Gasteiger partial charge in [-0.25, -0.2) is 4.98 Å². The number of methoxy groups -OCH3 is 1. The van der Waals surface area contributed by atoms with Crippen molar-refractivity contribution in [3.8, 4) is 23.1 Å². The molecule has 2 aromatic heterocycles. The van der Waals surface area contributed by atoms with Gasteiger partial charge >= 0.3 is 0 Å². The Morgan fingerprint density at radius 3 is 2.72 bits per heavy atom. The molecule has 1 atom stereocenters. The van der Waals surface area contributed by atoms with Crippen LogP contribution in [0, 0.1) is 11.3 Å². The summed E-state index contributed by atoms with van der Waals surface area (Å²) in [6.45, 7) is 9.36. The maximum Gasteiger partial charge on any atom is 0.251 e. The third-order valence-corrected chi connectivity index (χ3v) is 7.27. The van der Waals surface area contributed by atoms with Crippen LogP contribution in [0.2, 0.25) is 0 Å². The van der Waals surface area contributed by atoms with Crippen LogP contribution in [0.5, 0.6) is 5.75 Å². The number of amides is 1. The summed E-state index contributed by atoms with van der Waals surface area (Å²) >= 11 is 0. The Bertz CT molecular complexity index is 1620. The van der Waals surface area contributed by atoms with Crippen molar-refractivity contribution >= 4 is 16.8 Å². The van der Waals surface area contributed by atoms with Crippen LogP contribution in [0.1, 0.15) is 60.4 Å². The lowest BCUT2D eigenvalue weighted by Gasteiger charge is -2.30. The zero-order valence-electron chi connectivity index (χ0n) is 23.0. The number of benzene rings is 2. The number of carbonyl (C=O) groups excluding carboxylic acids is 1. The van der Waals surface area contributed by atoms with Crippen LogP contribution in [0.25, 0.3) is 22.2 Å². The topological polar surface area (TPSA) is 97.1 Å². The van der Waals surface area contributed by atoms with E-state index in [0.29, 0.717) is 24.5 Å². The van der Waals surface area contributed by atoms with Crippen molar-refractivity contribution in [1.82, 2.24) is 15.3 Å². The highest BCUT2D eigenvalue weighted by molar-refractivity contribution is 5.94. The third kappa shape index (κ3) is 5.21. The molecule has 0 spiro atoms. The molecule has 1 N–H and O–H groups in total. The number of hydrogen-bond acceptors (Lipinski definition) is 6. The van der Waals surface area contributed by atoms with Crippen molar-refractivity contribution in [3.05, 3.63) is 88.7 Å². The number of aromatic nitrogens is 2. The standard InChI is InChI=1S/C32H32N4O3/c1-31(2,3)23-9-10-25(29(13-23)38-5)27-11-8-21-15-34-24(14-28(21)36-27)16-35-30(37)20-6-7-22-17-39-19-32(4,18-33)26(22)12-20/h6-15H,16-17,19H2,1-5H3,(H,35,37)/t32-/m1/s1. The first-order valence-corrected chi connectivity index (χ1v) is 13.0. The molecule has 5 rings (SSSR count). The smallest absolute Gasteiger partial charge is 0.251 e. The fourth-order valence-electron chi connectivity index (χ4n) is 4.84. The van der Waals surface area contributed by atoms with E-state index in [-0.39, 0.29) is 17.9 Å². The van der Waals surface area contributed by atoms with Crippen molar-refractivity contribution in [1.29, 1.82) is 5.26 Å². The zero-order chi connectivity index (χ0) is 27.8. The van der Waals surface area contributed by atoms with Gasteiger partial charge in [0.15, 0.2) is 0 Å². The normalized spacial score (nSPS) is 16.8. The first-order chi connectivity index (χ1) is 18.6. The largest absolute Gasteiger partial charge is 0.496 e. The molecule has 0 aliphatic carbocycles. The van der Waals surface area contributed by atoms with Crippen LogP contribution in [-0.4, -0.2) is 29.6 Å². The number of rotatable bonds is 5. The predicted octanol–water partition coefficient (Wildman–Crippen LogP) is 5.84. The number of fused-ring (bicyclic) bond motifs is 2. The Balaban J connectivity index is 1.37. The molecule has 0 bridgehead atoms. The van der Waals surface area contributed by atoms with Gasteiger partial charge in [0.25, 0.3) is 5.91 Å². The second-order valence-electron chi connectivity index (χ2n) is 11.2. The SMILES string of the molecule is COc1cc(C(C)(C)C)ccc1-c1ccc2cnc(CNC(=O)c3ccc4c(c3)[C@](C)(C#N)COC4)cc2n1. The summed E-state index contributed by atoms with van der Waals surface area (Å²) in [5.41, 5.74) is 5.91. The van der Waals surface area contributed by atoms with Gasteiger partial charge in [0, 0.05) is 22.7 Å². The van der Waals surface area contributed by atoms with E-state index in [1.807, 2.05) is 31.2 Å². The van der Waals surface area contributed by atoms with Gasteiger partial charge in [-0.05, 0) is 71.5 Å². The van der Waals surface area contributed by atoms with E-state index in [9.17, 15) is 10.1 Å². The van der Waals surface area contributed by atoms with Gasteiger partial charge in [-0.2, -0.15) is 5.26 Å². The number of nitrogens with one attached hydrogen (secondary N) is 1. The lowest BCUT2D eigenvalue weighted by molar-refractivity contribution is 0.0757. The summed E-state index contributed by atoms with van der Waals surface area (Å²) < 4.78 is 11.3. The number of nitrogens with zero attached hydrogens (tertiary/aromatic N) is 3. The number of carbonyl (C=O) groups is 1. The minimum absolute atomic E-state index is 0.0104. The Morgan fingerprint density at radius 1 is 1.15 bits per heavy atom. The minimum atomic E-state index is -0.775. The highest BCUT2D eigenvalue weighted by atomic mass is 16.5. The molecule has 1 aliphatic heterocycles. The van der Waals surface area contributed by atoms with Crippen LogP contribution < -0.4 is 10.1 Å². The maximum atomic E-state index is 13.0. The van der Waals surface area contributed by atoms with Crippen molar-refractivity contribution in [2.24, 2.45) is 0 Å². The monoisotopic (exact) mass is 520 g/mol. The van der Waals surface area contributed by atoms with Crippen molar-refractivity contribution in [2.75, 3.05) is 13.7 Å². The Kier molecular flexibility index (Phi) is 6.83. The number of pyridine rings is 2. The quantitative estimate of drug-likeness (QED) is 0.355. The molecule has 198 valence electrons. The van der Waals surface area contributed by atoms with E-state index >= 15 is 0 Å². The molecule has 1 aliphatic rings. The lowest BCUT2D eigenvalue weighted by Crippen LogP contribution is -2.33. The summed E-state index contributed by atoms with van der Waals surface area (Å²) in [4.78, 5) is 22.4. The van der Waals surface area contributed by atoms with Crippen molar-refractivity contribution < 1.29 is 14.3 Å². The molecule has 4 aromatic rings. The molecule has 7 heteroatoms. The van der Waals surface area contributed by atoms with Crippen LogP contribution in [0.15, 0.2) is 60.8 Å². The zero-order valence-corrected chi connectivity index (χ0v) is 23.0.